The standard InChI is InChI=1S/C19H23N3O3S.ClH/c1-14-2-8-18(9-3-14)26(24,25)22-12-10-17(11-13-22)21-19(23)15-4-6-16(20)7-5-15;/h2-9,17H,10-13,20H2,1H3,(H,21,23);1H. The van der Waals surface area contributed by atoms with Crippen molar-refractivity contribution in [2.24, 2.45) is 0 Å². The number of piperidine rings is 1. The molecular weight excluding hydrogens is 386 g/mol. The molecule has 0 atom stereocenters. The third kappa shape index (κ3) is 5.00. The number of nitrogens with two attached hydrogens (primary N) is 1. The lowest BCUT2D eigenvalue weighted by molar-refractivity contribution is 0.0924. The van der Waals surface area contributed by atoms with Crippen LogP contribution in [-0.2, 0) is 10.0 Å². The van der Waals surface area contributed by atoms with E-state index in [1.165, 1.54) is 4.31 Å². The van der Waals surface area contributed by atoms with E-state index in [1.807, 2.05) is 6.92 Å². The van der Waals surface area contributed by atoms with Crippen LogP contribution in [0.2, 0.25) is 0 Å². The summed E-state index contributed by atoms with van der Waals surface area (Å²) in [4.78, 5) is 12.6. The molecule has 1 aliphatic heterocycles. The molecule has 27 heavy (non-hydrogen) atoms. The molecule has 8 heteroatoms. The number of sulfonamides is 1. The van der Waals surface area contributed by atoms with Gasteiger partial charge in [-0.1, -0.05) is 17.7 Å². The van der Waals surface area contributed by atoms with E-state index in [0.29, 0.717) is 42.1 Å². The maximum atomic E-state index is 12.7. The molecule has 0 saturated carbocycles. The number of carbonyl (C=O) groups excluding carboxylic acids is 1. The second-order valence-electron chi connectivity index (χ2n) is 6.59. The van der Waals surface area contributed by atoms with Gasteiger partial charge in [0.2, 0.25) is 10.0 Å². The monoisotopic (exact) mass is 409 g/mol. The highest BCUT2D eigenvalue weighted by Gasteiger charge is 2.29. The van der Waals surface area contributed by atoms with Gasteiger partial charge in [0.1, 0.15) is 0 Å². The van der Waals surface area contributed by atoms with Crippen LogP contribution >= 0.6 is 12.4 Å². The van der Waals surface area contributed by atoms with Crippen LogP contribution in [0.5, 0.6) is 0 Å². The van der Waals surface area contributed by atoms with Gasteiger partial charge in [0.25, 0.3) is 5.91 Å². The number of benzene rings is 2. The van der Waals surface area contributed by atoms with Gasteiger partial charge in [-0.25, -0.2) is 8.42 Å². The zero-order chi connectivity index (χ0) is 18.7. The fourth-order valence-electron chi connectivity index (χ4n) is 3.00. The van der Waals surface area contributed by atoms with Crippen LogP contribution in [0.15, 0.2) is 53.4 Å². The Kier molecular flexibility index (Phi) is 6.86. The highest BCUT2D eigenvalue weighted by atomic mass is 35.5. The van der Waals surface area contributed by atoms with Gasteiger partial charge < -0.3 is 11.1 Å². The number of hydrogen-bond donors (Lipinski definition) is 2. The summed E-state index contributed by atoms with van der Waals surface area (Å²) in [5.74, 6) is -0.162. The largest absolute Gasteiger partial charge is 0.399 e. The molecule has 1 saturated heterocycles. The van der Waals surface area contributed by atoms with Gasteiger partial charge in [-0.15, -0.1) is 12.4 Å². The number of nitrogen functional groups attached to an aromatic ring is 1. The average molecular weight is 410 g/mol. The summed E-state index contributed by atoms with van der Waals surface area (Å²) in [6.07, 6.45) is 1.18. The highest BCUT2D eigenvalue weighted by Crippen LogP contribution is 2.21. The number of amides is 1. The Morgan fingerprint density at radius 3 is 2.15 bits per heavy atom. The molecule has 0 unspecified atom stereocenters. The zero-order valence-corrected chi connectivity index (χ0v) is 16.7. The Bertz CT molecular complexity index is 875. The van der Waals surface area contributed by atoms with E-state index >= 15 is 0 Å². The molecule has 1 heterocycles. The van der Waals surface area contributed by atoms with Crippen molar-refractivity contribution >= 4 is 34.0 Å². The van der Waals surface area contributed by atoms with Gasteiger partial charge in [0.15, 0.2) is 0 Å². The fourth-order valence-corrected chi connectivity index (χ4v) is 4.47. The minimum Gasteiger partial charge on any atom is -0.399 e. The summed E-state index contributed by atoms with van der Waals surface area (Å²) in [6.45, 7) is 2.71. The Morgan fingerprint density at radius 1 is 1.04 bits per heavy atom. The second kappa shape index (κ2) is 8.73. The minimum atomic E-state index is -3.48. The smallest absolute Gasteiger partial charge is 0.251 e. The van der Waals surface area contributed by atoms with Crippen molar-refractivity contribution in [3.05, 3.63) is 59.7 Å². The van der Waals surface area contributed by atoms with Crippen molar-refractivity contribution in [1.82, 2.24) is 9.62 Å². The van der Waals surface area contributed by atoms with Gasteiger partial charge in [-0.2, -0.15) is 4.31 Å². The topological polar surface area (TPSA) is 92.5 Å². The molecule has 3 rings (SSSR count). The summed E-state index contributed by atoms with van der Waals surface area (Å²) in [6, 6.07) is 13.6. The van der Waals surface area contributed by atoms with Crippen molar-refractivity contribution in [2.75, 3.05) is 18.8 Å². The summed E-state index contributed by atoms with van der Waals surface area (Å²) in [7, 11) is -3.48. The van der Waals surface area contributed by atoms with E-state index < -0.39 is 10.0 Å². The van der Waals surface area contributed by atoms with Crippen LogP contribution in [0, 0.1) is 6.92 Å². The number of anilines is 1. The van der Waals surface area contributed by atoms with Gasteiger partial charge in [-0.05, 0) is 56.2 Å². The lowest BCUT2D eigenvalue weighted by atomic mass is 10.1. The van der Waals surface area contributed by atoms with E-state index in [4.69, 9.17) is 5.73 Å². The van der Waals surface area contributed by atoms with Crippen molar-refractivity contribution < 1.29 is 13.2 Å². The number of nitrogens with zero attached hydrogens (tertiary/aromatic N) is 1. The molecule has 0 aromatic heterocycles. The molecule has 6 nitrogen and oxygen atoms in total. The molecule has 0 radical (unpaired) electrons. The van der Waals surface area contributed by atoms with E-state index in [2.05, 4.69) is 5.32 Å². The molecule has 146 valence electrons. The summed E-state index contributed by atoms with van der Waals surface area (Å²) in [5, 5.41) is 2.97. The third-order valence-corrected chi connectivity index (χ3v) is 6.53. The number of rotatable bonds is 4. The van der Waals surface area contributed by atoms with Gasteiger partial charge in [0, 0.05) is 30.4 Å². The zero-order valence-electron chi connectivity index (χ0n) is 15.1. The lowest BCUT2D eigenvalue weighted by Crippen LogP contribution is -2.46. The number of halogens is 1. The predicted octanol–water partition coefficient (Wildman–Crippen LogP) is 2.58. The first-order chi connectivity index (χ1) is 12.4. The lowest BCUT2D eigenvalue weighted by Gasteiger charge is -2.31. The third-order valence-electron chi connectivity index (χ3n) is 4.62. The quantitative estimate of drug-likeness (QED) is 0.759. The van der Waals surface area contributed by atoms with Crippen LogP contribution in [0.3, 0.4) is 0 Å². The molecule has 0 bridgehead atoms. The number of aryl methyl sites for hydroxylation is 1. The summed E-state index contributed by atoms with van der Waals surface area (Å²) >= 11 is 0. The Balaban J connectivity index is 0.00000261. The van der Waals surface area contributed by atoms with Crippen molar-refractivity contribution in [3.63, 3.8) is 0 Å². The number of hydrogen-bond acceptors (Lipinski definition) is 4. The normalized spacial score (nSPS) is 15.7. The Hall–Kier alpha value is -2.09. The number of carbonyl (C=O) groups is 1. The van der Waals surface area contributed by atoms with Crippen molar-refractivity contribution in [2.45, 2.75) is 30.7 Å². The van der Waals surface area contributed by atoms with Crippen LogP contribution in [-0.4, -0.2) is 37.8 Å². The Labute approximate surface area is 166 Å². The minimum absolute atomic E-state index is 0. The van der Waals surface area contributed by atoms with Crippen molar-refractivity contribution in [3.8, 4) is 0 Å². The first kappa shape index (κ1) is 21.2. The maximum Gasteiger partial charge on any atom is 0.251 e. The van der Waals surface area contributed by atoms with Gasteiger partial charge in [-0.3, -0.25) is 4.79 Å². The van der Waals surface area contributed by atoms with E-state index in [-0.39, 0.29) is 24.4 Å². The first-order valence-electron chi connectivity index (χ1n) is 8.59. The van der Waals surface area contributed by atoms with E-state index in [9.17, 15) is 13.2 Å². The van der Waals surface area contributed by atoms with Crippen LogP contribution in [0.25, 0.3) is 0 Å². The van der Waals surface area contributed by atoms with E-state index in [1.54, 1.807) is 48.5 Å². The van der Waals surface area contributed by atoms with Gasteiger partial charge >= 0.3 is 0 Å². The molecular formula is C19H24ClN3O3S. The molecule has 3 N–H and O–H groups in total. The average Bonchev–Trinajstić information content (AvgIpc) is 2.63. The predicted molar refractivity (Wildman–Crippen MR) is 109 cm³/mol. The molecule has 0 spiro atoms. The molecule has 1 fully saturated rings. The SMILES string of the molecule is Cc1ccc(S(=O)(=O)N2CCC(NC(=O)c3ccc(N)cc3)CC2)cc1.Cl. The molecule has 2 aromatic rings. The summed E-state index contributed by atoms with van der Waals surface area (Å²) < 4.78 is 26.9. The molecule has 1 aliphatic rings. The maximum absolute atomic E-state index is 12.7. The highest BCUT2D eigenvalue weighted by molar-refractivity contribution is 7.89. The molecule has 2 aromatic carbocycles. The number of nitrogens with one attached hydrogen (secondary N) is 1. The van der Waals surface area contributed by atoms with Crippen LogP contribution in [0.1, 0.15) is 28.8 Å². The second-order valence-corrected chi connectivity index (χ2v) is 8.52. The Morgan fingerprint density at radius 2 is 1.59 bits per heavy atom. The molecule has 0 aliphatic carbocycles. The molecule has 1 amide bonds. The summed E-state index contributed by atoms with van der Waals surface area (Å²) in [5.41, 5.74) is 7.81. The van der Waals surface area contributed by atoms with Crippen LogP contribution in [0.4, 0.5) is 5.69 Å². The first-order valence-corrected chi connectivity index (χ1v) is 10.0. The fraction of sp³-hybridized carbons (Fsp3) is 0.316. The van der Waals surface area contributed by atoms with E-state index in [0.717, 1.165) is 5.56 Å². The van der Waals surface area contributed by atoms with Crippen molar-refractivity contribution in [1.29, 1.82) is 0 Å². The van der Waals surface area contributed by atoms with Gasteiger partial charge in [0.05, 0.1) is 4.90 Å². The van der Waals surface area contributed by atoms with Crippen LogP contribution < -0.4 is 11.1 Å².